The largest absolute Gasteiger partial charge is 0.265 e. The van der Waals surface area contributed by atoms with Gasteiger partial charge in [0.05, 0.1) is 0 Å². The fraction of sp³-hybridized carbons (Fsp3) is 0.560. The highest BCUT2D eigenvalue weighted by atomic mass is 14.6. The summed E-state index contributed by atoms with van der Waals surface area (Å²) in [6.45, 7) is 14.4. The van der Waals surface area contributed by atoms with Gasteiger partial charge in [-0.3, -0.25) is 4.98 Å². The van der Waals surface area contributed by atoms with Crippen LogP contribution >= 0.6 is 0 Å². The highest BCUT2D eigenvalue weighted by Crippen LogP contribution is 2.46. The zero-order valence-corrected chi connectivity index (χ0v) is 17.6. The van der Waals surface area contributed by atoms with Gasteiger partial charge in [-0.2, -0.15) is 0 Å². The van der Waals surface area contributed by atoms with Crippen molar-refractivity contribution in [3.8, 4) is 0 Å². The first-order chi connectivity index (χ1) is 12.3. The molecular weight excluding hydrogens is 314 g/mol. The van der Waals surface area contributed by atoms with E-state index in [2.05, 4.69) is 89.0 Å². The van der Waals surface area contributed by atoms with Gasteiger partial charge in [-0.1, -0.05) is 71.9 Å². The third kappa shape index (κ3) is 5.43. The Labute approximate surface area is 161 Å². The van der Waals surface area contributed by atoms with Crippen LogP contribution in [-0.2, 0) is 0 Å². The zero-order chi connectivity index (χ0) is 19.2. The van der Waals surface area contributed by atoms with Gasteiger partial charge in [0.2, 0.25) is 0 Å². The van der Waals surface area contributed by atoms with Gasteiger partial charge in [-0.25, -0.2) is 0 Å². The predicted molar refractivity (Wildman–Crippen MR) is 113 cm³/mol. The van der Waals surface area contributed by atoms with E-state index in [-0.39, 0.29) is 5.41 Å². The molecule has 2 aromatic rings. The lowest BCUT2D eigenvalue weighted by atomic mass is 9.64. The first kappa shape index (κ1) is 20.7. The lowest BCUT2D eigenvalue weighted by molar-refractivity contribution is 0.153. The van der Waals surface area contributed by atoms with Crippen LogP contribution < -0.4 is 0 Å². The Kier molecular flexibility index (Phi) is 7.43. The Bertz CT molecular complexity index is 630. The molecule has 0 saturated heterocycles. The Morgan fingerprint density at radius 2 is 1.50 bits per heavy atom. The van der Waals surface area contributed by atoms with Gasteiger partial charge in [0.25, 0.3) is 0 Å². The highest BCUT2D eigenvalue weighted by Gasteiger charge is 2.35. The molecular formula is C25H37N. The van der Waals surface area contributed by atoms with Crippen molar-refractivity contribution in [2.45, 2.75) is 72.6 Å². The van der Waals surface area contributed by atoms with Crippen molar-refractivity contribution in [1.82, 2.24) is 4.98 Å². The van der Waals surface area contributed by atoms with Gasteiger partial charge in [0.1, 0.15) is 0 Å². The van der Waals surface area contributed by atoms with Gasteiger partial charge in [0.15, 0.2) is 0 Å². The molecule has 0 aliphatic rings. The van der Waals surface area contributed by atoms with Crippen molar-refractivity contribution >= 4 is 0 Å². The number of hydrogen-bond acceptors (Lipinski definition) is 1. The van der Waals surface area contributed by atoms with E-state index < -0.39 is 0 Å². The summed E-state index contributed by atoms with van der Waals surface area (Å²) in [6.07, 6.45) is 7.55. The van der Waals surface area contributed by atoms with Crippen molar-refractivity contribution in [1.29, 1.82) is 0 Å². The molecule has 3 unspecified atom stereocenters. The molecule has 1 aromatic heterocycles. The summed E-state index contributed by atoms with van der Waals surface area (Å²) in [5, 5.41) is 0. The van der Waals surface area contributed by atoms with E-state index in [1.807, 2.05) is 12.4 Å². The number of hydrogen-bond donors (Lipinski definition) is 0. The third-order valence-corrected chi connectivity index (χ3v) is 6.23. The topological polar surface area (TPSA) is 12.9 Å². The highest BCUT2D eigenvalue weighted by molar-refractivity contribution is 5.21. The van der Waals surface area contributed by atoms with Crippen LogP contribution in [0.25, 0.3) is 0 Å². The van der Waals surface area contributed by atoms with Crippen LogP contribution in [0.15, 0.2) is 54.9 Å². The summed E-state index contributed by atoms with van der Waals surface area (Å²) in [5.41, 5.74) is 3.21. The average molecular weight is 352 g/mol. The SMILES string of the molecule is CCC(CC(C)(C)C(C)C(CC(C)C)c1ccncc1)c1ccccc1. The maximum absolute atomic E-state index is 4.23. The normalized spacial score (nSPS) is 15.7. The van der Waals surface area contributed by atoms with Crippen LogP contribution in [0, 0.1) is 17.3 Å². The van der Waals surface area contributed by atoms with Gasteiger partial charge in [-0.15, -0.1) is 0 Å². The van der Waals surface area contributed by atoms with Crippen molar-refractivity contribution in [3.63, 3.8) is 0 Å². The van der Waals surface area contributed by atoms with Crippen molar-refractivity contribution in [2.24, 2.45) is 17.3 Å². The van der Waals surface area contributed by atoms with E-state index >= 15 is 0 Å². The molecule has 0 amide bonds. The van der Waals surface area contributed by atoms with E-state index in [9.17, 15) is 0 Å². The monoisotopic (exact) mass is 351 g/mol. The minimum atomic E-state index is 0.277. The van der Waals surface area contributed by atoms with Crippen molar-refractivity contribution in [2.75, 3.05) is 0 Å². The second-order valence-electron chi connectivity index (χ2n) is 9.01. The minimum absolute atomic E-state index is 0.277. The lowest BCUT2D eigenvalue weighted by Gasteiger charge is -2.40. The summed E-state index contributed by atoms with van der Waals surface area (Å²) >= 11 is 0. The molecule has 0 radical (unpaired) electrons. The lowest BCUT2D eigenvalue weighted by Crippen LogP contribution is -2.30. The third-order valence-electron chi connectivity index (χ3n) is 6.23. The molecule has 2 rings (SSSR count). The number of rotatable bonds is 9. The molecule has 0 bridgehead atoms. The Hall–Kier alpha value is -1.63. The fourth-order valence-electron chi connectivity index (χ4n) is 4.34. The molecule has 0 saturated carbocycles. The number of pyridine rings is 1. The number of aromatic nitrogens is 1. The molecule has 3 atom stereocenters. The van der Waals surface area contributed by atoms with E-state index in [1.54, 1.807) is 0 Å². The number of nitrogens with zero attached hydrogens (tertiary/aromatic N) is 1. The molecule has 0 aliphatic heterocycles. The maximum atomic E-state index is 4.23. The predicted octanol–water partition coefficient (Wildman–Crippen LogP) is 7.46. The molecule has 1 heteroatoms. The first-order valence-corrected chi connectivity index (χ1v) is 10.3. The molecule has 1 nitrogen and oxygen atoms in total. The summed E-state index contributed by atoms with van der Waals surface area (Å²) in [6, 6.07) is 15.5. The Morgan fingerprint density at radius 1 is 0.885 bits per heavy atom. The summed E-state index contributed by atoms with van der Waals surface area (Å²) in [7, 11) is 0. The first-order valence-electron chi connectivity index (χ1n) is 10.3. The van der Waals surface area contributed by atoms with E-state index in [0.717, 1.165) is 0 Å². The molecule has 0 aliphatic carbocycles. The van der Waals surface area contributed by atoms with Crippen LogP contribution in [0.2, 0.25) is 0 Å². The van der Waals surface area contributed by atoms with Crippen molar-refractivity contribution in [3.05, 3.63) is 66.0 Å². The quantitative estimate of drug-likeness (QED) is 0.457. The average Bonchev–Trinajstić information content (AvgIpc) is 2.65. The van der Waals surface area contributed by atoms with Crippen LogP contribution in [-0.4, -0.2) is 4.98 Å². The van der Waals surface area contributed by atoms with Gasteiger partial charge >= 0.3 is 0 Å². The molecule has 142 valence electrons. The van der Waals surface area contributed by atoms with Crippen LogP contribution in [0.4, 0.5) is 0 Å². The standard InChI is InChI=1S/C25H37N/c1-7-21(22-11-9-8-10-12-22)18-25(5,6)20(4)24(17-19(2)3)23-13-15-26-16-14-23/h8-16,19-21,24H,7,17-18H2,1-6H3. The Balaban J connectivity index is 2.23. The summed E-state index contributed by atoms with van der Waals surface area (Å²) < 4.78 is 0. The van der Waals surface area contributed by atoms with E-state index in [4.69, 9.17) is 0 Å². The Morgan fingerprint density at radius 3 is 2.04 bits per heavy atom. The summed E-state index contributed by atoms with van der Waals surface area (Å²) in [4.78, 5) is 4.23. The van der Waals surface area contributed by atoms with Gasteiger partial charge in [0, 0.05) is 12.4 Å². The molecule has 0 spiro atoms. The zero-order valence-electron chi connectivity index (χ0n) is 17.6. The minimum Gasteiger partial charge on any atom is -0.265 e. The van der Waals surface area contributed by atoms with Gasteiger partial charge in [-0.05, 0) is 71.6 Å². The van der Waals surface area contributed by atoms with Crippen molar-refractivity contribution < 1.29 is 0 Å². The van der Waals surface area contributed by atoms with Crippen LogP contribution in [0.5, 0.6) is 0 Å². The molecule has 26 heavy (non-hydrogen) atoms. The molecule has 0 N–H and O–H groups in total. The molecule has 1 heterocycles. The van der Waals surface area contributed by atoms with Crippen LogP contribution in [0.1, 0.15) is 83.8 Å². The van der Waals surface area contributed by atoms with E-state index in [1.165, 1.54) is 30.4 Å². The second kappa shape index (κ2) is 9.35. The second-order valence-corrected chi connectivity index (χ2v) is 9.01. The smallest absolute Gasteiger partial charge is 0.0270 e. The van der Waals surface area contributed by atoms with E-state index in [0.29, 0.717) is 23.7 Å². The summed E-state index contributed by atoms with van der Waals surface area (Å²) in [5.74, 6) is 2.53. The number of benzene rings is 1. The molecule has 0 fully saturated rings. The maximum Gasteiger partial charge on any atom is 0.0270 e. The van der Waals surface area contributed by atoms with Crippen LogP contribution in [0.3, 0.4) is 0 Å². The fourth-order valence-corrected chi connectivity index (χ4v) is 4.34. The molecule has 1 aromatic carbocycles. The van der Waals surface area contributed by atoms with Gasteiger partial charge < -0.3 is 0 Å².